The summed E-state index contributed by atoms with van der Waals surface area (Å²) in [6, 6.07) is 10.5. The second kappa shape index (κ2) is 7.28. The second-order valence-electron chi connectivity index (χ2n) is 5.52. The third-order valence-electron chi connectivity index (χ3n) is 4.02. The van der Waals surface area contributed by atoms with Crippen molar-refractivity contribution in [1.82, 2.24) is 0 Å². The molecule has 0 amide bonds. The maximum atomic E-state index is 12.6. The van der Waals surface area contributed by atoms with E-state index in [1.807, 2.05) is 6.07 Å². The van der Waals surface area contributed by atoms with Crippen LogP contribution in [0, 0.1) is 0 Å². The van der Waals surface area contributed by atoms with Crippen LogP contribution in [0.15, 0.2) is 59.5 Å². The van der Waals surface area contributed by atoms with Crippen LogP contribution in [0.2, 0.25) is 0 Å². The molecule has 0 fully saturated rings. The van der Waals surface area contributed by atoms with Gasteiger partial charge in [-0.25, -0.2) is 14.4 Å². The first-order valence-corrected chi connectivity index (χ1v) is 7.88. The Morgan fingerprint density at radius 1 is 1.07 bits per heavy atom. The smallest absolute Gasteiger partial charge is 0.404 e. The zero-order valence-electron chi connectivity index (χ0n) is 14.6. The van der Waals surface area contributed by atoms with Crippen LogP contribution in [-0.4, -0.2) is 38.7 Å². The molecule has 2 heterocycles. The highest BCUT2D eigenvalue weighted by molar-refractivity contribution is 6.21. The van der Waals surface area contributed by atoms with Crippen molar-refractivity contribution in [2.75, 3.05) is 20.8 Å². The molecule has 0 unspecified atom stereocenters. The van der Waals surface area contributed by atoms with E-state index in [-0.39, 0.29) is 5.70 Å². The lowest BCUT2D eigenvalue weighted by Crippen LogP contribution is -2.40. The standard InChI is InChI=1S/C19H15NO7/c1-25-17(22)15(14-13(21)10-27-18(14)23)16(19(24)26-2)20-9-5-7-11-6-3-4-8-12(11)20/h3-9H,10H2,1-2H3. The van der Waals surface area contributed by atoms with Crippen molar-refractivity contribution in [3.63, 3.8) is 0 Å². The molecule has 0 spiro atoms. The summed E-state index contributed by atoms with van der Waals surface area (Å²) in [4.78, 5) is 37.2. The number of pyridine rings is 1. The van der Waals surface area contributed by atoms with E-state index < -0.39 is 41.4 Å². The first-order chi connectivity index (χ1) is 13.0. The number of ether oxygens (including phenoxy) is 3. The Hall–Kier alpha value is -3.68. The molecule has 138 valence electrons. The van der Waals surface area contributed by atoms with Crippen molar-refractivity contribution in [2.45, 2.75) is 0 Å². The normalized spacial score (nSPS) is 14.7. The summed E-state index contributed by atoms with van der Waals surface area (Å²) in [5.74, 6) is -3.67. The van der Waals surface area contributed by atoms with Crippen LogP contribution in [0.4, 0.5) is 0 Å². The zero-order chi connectivity index (χ0) is 19.6. The number of aromatic nitrogens is 1. The van der Waals surface area contributed by atoms with Crippen LogP contribution in [0.3, 0.4) is 0 Å². The molecule has 0 bridgehead atoms. The van der Waals surface area contributed by atoms with Gasteiger partial charge in [-0.2, -0.15) is 4.57 Å². The fourth-order valence-electron chi connectivity index (χ4n) is 2.82. The Balaban J connectivity index is 2.44. The summed E-state index contributed by atoms with van der Waals surface area (Å²) in [5, 5.41) is 12.9. The van der Waals surface area contributed by atoms with Crippen molar-refractivity contribution in [3.8, 4) is 0 Å². The first kappa shape index (κ1) is 18.1. The number of hydrogen-bond acceptors (Lipinski definition) is 7. The Kier molecular flexibility index (Phi) is 4.89. The molecule has 8 nitrogen and oxygen atoms in total. The third-order valence-corrected chi connectivity index (χ3v) is 4.02. The summed E-state index contributed by atoms with van der Waals surface area (Å²) < 4.78 is 15.6. The molecular formula is C19H15NO7. The fraction of sp³-hybridized carbons (Fsp3) is 0.158. The van der Waals surface area contributed by atoms with E-state index in [4.69, 9.17) is 14.2 Å². The molecule has 0 saturated carbocycles. The average molecular weight is 369 g/mol. The maximum Gasteiger partial charge on any atom is 0.404 e. The number of fused-ring (bicyclic) bond motifs is 1. The monoisotopic (exact) mass is 369 g/mol. The largest absolute Gasteiger partial charge is 0.873 e. The molecule has 0 radical (unpaired) electrons. The predicted molar refractivity (Wildman–Crippen MR) is 89.4 cm³/mol. The van der Waals surface area contributed by atoms with E-state index in [2.05, 4.69) is 0 Å². The Morgan fingerprint density at radius 2 is 1.74 bits per heavy atom. The number of benzene rings is 1. The SMILES string of the molecule is COC(=O)/C(C1=C([O-])COC1=O)=C(\C(=O)OC)[n+]1cccc2ccccc21. The molecule has 0 saturated heterocycles. The van der Waals surface area contributed by atoms with Gasteiger partial charge in [0.25, 0.3) is 0 Å². The predicted octanol–water partition coefficient (Wildman–Crippen LogP) is -0.144. The minimum absolute atomic E-state index is 0.316. The molecule has 1 aliphatic heterocycles. The van der Waals surface area contributed by atoms with Crippen molar-refractivity contribution >= 4 is 34.5 Å². The number of carbonyl (C=O) groups excluding carboxylic acids is 3. The lowest BCUT2D eigenvalue weighted by molar-refractivity contribution is -0.550. The van der Waals surface area contributed by atoms with Gasteiger partial charge in [-0.1, -0.05) is 17.9 Å². The molecule has 0 atom stereocenters. The number of nitrogens with zero attached hydrogens (tertiary/aromatic N) is 1. The van der Waals surface area contributed by atoms with Gasteiger partial charge in [0.15, 0.2) is 11.8 Å². The van der Waals surface area contributed by atoms with Gasteiger partial charge >= 0.3 is 23.6 Å². The molecule has 8 heteroatoms. The van der Waals surface area contributed by atoms with E-state index in [0.29, 0.717) is 5.52 Å². The summed E-state index contributed by atoms with van der Waals surface area (Å²) in [5.41, 5.74) is -0.801. The fourth-order valence-corrected chi connectivity index (χ4v) is 2.82. The van der Waals surface area contributed by atoms with Crippen molar-refractivity contribution in [2.24, 2.45) is 0 Å². The zero-order valence-corrected chi connectivity index (χ0v) is 14.6. The Labute approximate surface area is 153 Å². The van der Waals surface area contributed by atoms with Crippen molar-refractivity contribution < 1.29 is 38.3 Å². The number of methoxy groups -OCH3 is 2. The van der Waals surface area contributed by atoms with E-state index in [1.54, 1.807) is 30.3 Å². The summed E-state index contributed by atoms with van der Waals surface area (Å²) in [6.45, 7) is -0.511. The molecule has 2 aromatic rings. The van der Waals surface area contributed by atoms with Gasteiger partial charge in [0.2, 0.25) is 5.52 Å². The highest BCUT2D eigenvalue weighted by Gasteiger charge is 2.39. The molecule has 1 aromatic carbocycles. The second-order valence-corrected chi connectivity index (χ2v) is 5.52. The first-order valence-electron chi connectivity index (χ1n) is 7.88. The van der Waals surface area contributed by atoms with Crippen LogP contribution >= 0.6 is 0 Å². The quantitative estimate of drug-likeness (QED) is 0.319. The van der Waals surface area contributed by atoms with Crippen LogP contribution in [0.5, 0.6) is 0 Å². The van der Waals surface area contributed by atoms with Crippen LogP contribution in [0.1, 0.15) is 0 Å². The van der Waals surface area contributed by atoms with Crippen LogP contribution < -0.4 is 9.67 Å². The number of rotatable bonds is 4. The summed E-state index contributed by atoms with van der Waals surface area (Å²) in [7, 11) is 2.21. The molecule has 0 aliphatic carbocycles. The summed E-state index contributed by atoms with van der Waals surface area (Å²) in [6.07, 6.45) is 1.52. The van der Waals surface area contributed by atoms with Crippen LogP contribution in [-0.2, 0) is 28.6 Å². The minimum atomic E-state index is -1.03. The average Bonchev–Trinajstić information content (AvgIpc) is 3.02. The Bertz CT molecular complexity index is 1010. The van der Waals surface area contributed by atoms with E-state index >= 15 is 0 Å². The third kappa shape index (κ3) is 3.12. The number of carbonyl (C=O) groups is 3. The topological polar surface area (TPSA) is 106 Å². The highest BCUT2D eigenvalue weighted by atomic mass is 16.6. The van der Waals surface area contributed by atoms with E-state index in [0.717, 1.165) is 19.6 Å². The van der Waals surface area contributed by atoms with Gasteiger partial charge in [-0.05, 0) is 12.1 Å². The molecule has 1 aromatic heterocycles. The molecule has 1 aliphatic rings. The molecular weight excluding hydrogens is 354 g/mol. The molecule has 27 heavy (non-hydrogen) atoms. The van der Waals surface area contributed by atoms with Gasteiger partial charge < -0.3 is 19.3 Å². The summed E-state index contributed by atoms with van der Waals surface area (Å²) >= 11 is 0. The Morgan fingerprint density at radius 3 is 2.37 bits per heavy atom. The minimum Gasteiger partial charge on any atom is -0.873 e. The number of para-hydroxylation sites is 1. The lowest BCUT2D eigenvalue weighted by Gasteiger charge is -2.11. The van der Waals surface area contributed by atoms with Crippen molar-refractivity contribution in [3.05, 3.63) is 59.5 Å². The maximum absolute atomic E-state index is 12.6. The number of esters is 3. The van der Waals surface area contributed by atoms with Gasteiger partial charge in [0.05, 0.1) is 19.8 Å². The molecule has 3 rings (SSSR count). The van der Waals surface area contributed by atoms with Gasteiger partial charge in [-0.15, -0.1) is 0 Å². The number of hydrogen-bond donors (Lipinski definition) is 0. The van der Waals surface area contributed by atoms with Gasteiger partial charge in [0.1, 0.15) is 6.61 Å². The number of cyclic esters (lactones) is 1. The van der Waals surface area contributed by atoms with E-state index in [1.165, 1.54) is 10.8 Å². The lowest BCUT2D eigenvalue weighted by atomic mass is 10.0. The van der Waals surface area contributed by atoms with Crippen molar-refractivity contribution in [1.29, 1.82) is 0 Å². The van der Waals surface area contributed by atoms with Gasteiger partial charge in [-0.3, -0.25) is 0 Å². The van der Waals surface area contributed by atoms with E-state index in [9.17, 15) is 19.5 Å². The van der Waals surface area contributed by atoms with Crippen LogP contribution in [0.25, 0.3) is 16.6 Å². The molecule has 0 N–H and O–H groups in total. The highest BCUT2D eigenvalue weighted by Crippen LogP contribution is 2.26. The van der Waals surface area contributed by atoms with Gasteiger partial charge in [0, 0.05) is 17.5 Å².